The summed E-state index contributed by atoms with van der Waals surface area (Å²) >= 11 is 0. The van der Waals surface area contributed by atoms with E-state index in [2.05, 4.69) is 5.32 Å². The Morgan fingerprint density at radius 2 is 2.13 bits per heavy atom. The fourth-order valence-corrected chi connectivity index (χ4v) is 1.26. The van der Waals surface area contributed by atoms with Crippen LogP contribution in [-0.2, 0) is 7.05 Å². The van der Waals surface area contributed by atoms with Crippen molar-refractivity contribution >= 4 is 5.91 Å². The van der Waals surface area contributed by atoms with E-state index in [4.69, 9.17) is 5.73 Å². The summed E-state index contributed by atoms with van der Waals surface area (Å²) in [6, 6.07) is 3.74. The van der Waals surface area contributed by atoms with E-state index in [-0.39, 0.29) is 11.4 Å². The number of nitrogens with two attached hydrogens (primary N) is 1. The first-order chi connectivity index (χ1) is 6.87. The highest BCUT2D eigenvalue weighted by Gasteiger charge is 2.20. The molecule has 0 atom stereocenters. The van der Waals surface area contributed by atoms with Gasteiger partial charge in [-0.3, -0.25) is 4.79 Å². The van der Waals surface area contributed by atoms with Crippen LogP contribution in [0, 0.1) is 6.92 Å². The lowest BCUT2D eigenvalue weighted by Crippen LogP contribution is -2.49. The molecule has 4 heteroatoms. The Labute approximate surface area is 90.5 Å². The molecule has 1 aromatic rings. The number of rotatable bonds is 3. The van der Waals surface area contributed by atoms with Gasteiger partial charge in [-0.25, -0.2) is 0 Å². The van der Waals surface area contributed by atoms with Crippen LogP contribution in [0.1, 0.15) is 30.0 Å². The number of nitrogens with zero attached hydrogens (tertiary/aromatic N) is 1. The molecule has 0 saturated carbocycles. The highest BCUT2D eigenvalue weighted by Crippen LogP contribution is 2.08. The summed E-state index contributed by atoms with van der Waals surface area (Å²) in [7, 11) is 1.87. The second kappa shape index (κ2) is 4.06. The molecule has 0 saturated heterocycles. The predicted molar refractivity (Wildman–Crippen MR) is 60.7 cm³/mol. The van der Waals surface area contributed by atoms with E-state index in [0.717, 1.165) is 5.69 Å². The molecule has 84 valence electrons. The number of aromatic nitrogens is 1. The minimum atomic E-state index is -0.366. The van der Waals surface area contributed by atoms with Gasteiger partial charge < -0.3 is 15.6 Å². The average molecular weight is 209 g/mol. The summed E-state index contributed by atoms with van der Waals surface area (Å²) in [5.74, 6) is -0.0824. The second-order valence-corrected chi connectivity index (χ2v) is 4.46. The van der Waals surface area contributed by atoms with E-state index >= 15 is 0 Å². The van der Waals surface area contributed by atoms with Gasteiger partial charge in [0.25, 0.3) is 5.91 Å². The maximum atomic E-state index is 11.9. The number of aryl methyl sites for hydroxylation is 1. The highest BCUT2D eigenvalue weighted by atomic mass is 16.2. The van der Waals surface area contributed by atoms with Crippen LogP contribution >= 0.6 is 0 Å². The fourth-order valence-electron chi connectivity index (χ4n) is 1.26. The van der Waals surface area contributed by atoms with Crippen molar-refractivity contribution in [2.24, 2.45) is 12.8 Å². The van der Waals surface area contributed by atoms with Crippen LogP contribution in [-0.4, -0.2) is 22.6 Å². The van der Waals surface area contributed by atoms with Gasteiger partial charge >= 0.3 is 0 Å². The maximum Gasteiger partial charge on any atom is 0.268 e. The second-order valence-electron chi connectivity index (χ2n) is 4.46. The molecule has 1 heterocycles. The van der Waals surface area contributed by atoms with Crippen LogP contribution in [0.25, 0.3) is 0 Å². The van der Waals surface area contributed by atoms with E-state index in [1.165, 1.54) is 0 Å². The Hall–Kier alpha value is -1.29. The summed E-state index contributed by atoms with van der Waals surface area (Å²) in [5.41, 5.74) is 6.91. The molecule has 0 radical (unpaired) electrons. The minimum absolute atomic E-state index is 0.0824. The number of hydrogen-bond acceptors (Lipinski definition) is 2. The van der Waals surface area contributed by atoms with Crippen molar-refractivity contribution in [3.05, 3.63) is 23.5 Å². The van der Waals surface area contributed by atoms with E-state index in [1.807, 2.05) is 44.5 Å². The van der Waals surface area contributed by atoms with Crippen molar-refractivity contribution in [2.75, 3.05) is 6.54 Å². The highest BCUT2D eigenvalue weighted by molar-refractivity contribution is 5.93. The third-order valence-electron chi connectivity index (χ3n) is 2.57. The standard InChI is InChI=1S/C11H19N3O/c1-8-5-6-9(14(8)4)10(15)13-11(2,3)7-12/h5-6H,7,12H2,1-4H3,(H,13,15). The first-order valence-electron chi connectivity index (χ1n) is 5.02. The molecule has 0 aliphatic heterocycles. The van der Waals surface area contributed by atoms with E-state index in [1.54, 1.807) is 0 Å². The lowest BCUT2D eigenvalue weighted by molar-refractivity contribution is 0.0907. The number of hydrogen-bond donors (Lipinski definition) is 2. The quantitative estimate of drug-likeness (QED) is 0.773. The van der Waals surface area contributed by atoms with Crippen LogP contribution in [0.3, 0.4) is 0 Å². The van der Waals surface area contributed by atoms with Gasteiger partial charge in [-0.2, -0.15) is 0 Å². The molecule has 15 heavy (non-hydrogen) atoms. The SMILES string of the molecule is Cc1ccc(C(=O)NC(C)(C)CN)n1C. The van der Waals surface area contributed by atoms with Crippen molar-refractivity contribution in [1.29, 1.82) is 0 Å². The lowest BCUT2D eigenvalue weighted by atomic mass is 10.1. The van der Waals surface area contributed by atoms with Crippen LogP contribution in [0.15, 0.2) is 12.1 Å². The van der Waals surface area contributed by atoms with E-state index < -0.39 is 0 Å². The Morgan fingerprint density at radius 3 is 2.53 bits per heavy atom. The summed E-state index contributed by atoms with van der Waals surface area (Å²) < 4.78 is 1.86. The van der Waals surface area contributed by atoms with Gasteiger partial charge in [-0.15, -0.1) is 0 Å². The molecule has 4 nitrogen and oxygen atoms in total. The van der Waals surface area contributed by atoms with Crippen LogP contribution in [0.2, 0.25) is 0 Å². The summed E-state index contributed by atoms with van der Waals surface area (Å²) in [6.07, 6.45) is 0. The van der Waals surface area contributed by atoms with Gasteiger partial charge in [-0.1, -0.05) is 0 Å². The smallest absolute Gasteiger partial charge is 0.268 e. The molecule has 1 rings (SSSR count). The summed E-state index contributed by atoms with van der Waals surface area (Å²) in [6.45, 7) is 6.19. The fraction of sp³-hybridized carbons (Fsp3) is 0.545. The Bertz CT molecular complexity index is 366. The van der Waals surface area contributed by atoms with Gasteiger partial charge in [0.2, 0.25) is 0 Å². The topological polar surface area (TPSA) is 60.1 Å². The number of carbonyl (C=O) groups is 1. The molecule has 0 unspecified atom stereocenters. The van der Waals surface area contributed by atoms with Crippen molar-refractivity contribution in [2.45, 2.75) is 26.3 Å². The minimum Gasteiger partial charge on any atom is -0.345 e. The average Bonchev–Trinajstić information content (AvgIpc) is 2.47. The lowest BCUT2D eigenvalue weighted by Gasteiger charge is -2.24. The van der Waals surface area contributed by atoms with Gasteiger partial charge in [0, 0.05) is 24.8 Å². The zero-order chi connectivity index (χ0) is 11.6. The van der Waals surface area contributed by atoms with Crippen LogP contribution in [0.4, 0.5) is 0 Å². The first kappa shape index (κ1) is 11.8. The molecular weight excluding hydrogens is 190 g/mol. The largest absolute Gasteiger partial charge is 0.345 e. The third kappa shape index (κ3) is 2.59. The number of nitrogens with one attached hydrogen (secondary N) is 1. The van der Waals surface area contributed by atoms with Crippen LogP contribution in [0.5, 0.6) is 0 Å². The molecule has 1 amide bonds. The van der Waals surface area contributed by atoms with Gasteiger partial charge in [0.15, 0.2) is 0 Å². The molecule has 0 aromatic carbocycles. The molecular formula is C11H19N3O. The molecule has 0 spiro atoms. The van der Waals surface area contributed by atoms with E-state index in [9.17, 15) is 4.79 Å². The van der Waals surface area contributed by atoms with Crippen molar-refractivity contribution in [3.8, 4) is 0 Å². The number of carbonyl (C=O) groups excluding carboxylic acids is 1. The van der Waals surface area contributed by atoms with Crippen molar-refractivity contribution in [3.63, 3.8) is 0 Å². The van der Waals surface area contributed by atoms with Gasteiger partial charge in [0.05, 0.1) is 0 Å². The first-order valence-corrected chi connectivity index (χ1v) is 5.02. The van der Waals surface area contributed by atoms with Gasteiger partial charge in [0.1, 0.15) is 5.69 Å². The molecule has 0 aliphatic rings. The zero-order valence-corrected chi connectivity index (χ0v) is 9.79. The summed E-state index contributed by atoms with van der Waals surface area (Å²) in [5, 5.41) is 2.89. The Morgan fingerprint density at radius 1 is 1.53 bits per heavy atom. The molecule has 3 N–H and O–H groups in total. The maximum absolute atomic E-state index is 11.9. The molecule has 0 aliphatic carbocycles. The van der Waals surface area contributed by atoms with E-state index in [0.29, 0.717) is 12.2 Å². The summed E-state index contributed by atoms with van der Waals surface area (Å²) in [4.78, 5) is 11.9. The van der Waals surface area contributed by atoms with Crippen molar-refractivity contribution < 1.29 is 4.79 Å². The molecule has 0 fully saturated rings. The van der Waals surface area contributed by atoms with Gasteiger partial charge in [-0.05, 0) is 32.9 Å². The normalized spacial score (nSPS) is 11.5. The van der Waals surface area contributed by atoms with Crippen LogP contribution < -0.4 is 11.1 Å². The number of amides is 1. The molecule has 0 bridgehead atoms. The molecule has 1 aromatic heterocycles. The Balaban J connectivity index is 2.83. The Kier molecular flexibility index (Phi) is 3.19. The predicted octanol–water partition coefficient (Wildman–Crippen LogP) is 0.801. The zero-order valence-electron chi connectivity index (χ0n) is 9.79. The monoisotopic (exact) mass is 209 g/mol. The third-order valence-corrected chi connectivity index (χ3v) is 2.57. The van der Waals surface area contributed by atoms with Crippen molar-refractivity contribution in [1.82, 2.24) is 9.88 Å².